The molecule has 2 aliphatic rings. The van der Waals surface area contributed by atoms with Gasteiger partial charge in [-0.05, 0) is 44.2 Å². The van der Waals surface area contributed by atoms with Crippen LogP contribution in [0.4, 0.5) is 13.2 Å². The topological polar surface area (TPSA) is 67.9 Å². The Morgan fingerprint density at radius 2 is 2.13 bits per heavy atom. The Labute approximate surface area is 176 Å². The summed E-state index contributed by atoms with van der Waals surface area (Å²) in [7, 11) is 0. The van der Waals surface area contributed by atoms with Crippen LogP contribution >= 0.6 is 11.8 Å². The van der Waals surface area contributed by atoms with Crippen molar-refractivity contribution in [1.82, 2.24) is 5.01 Å². The molecule has 1 unspecified atom stereocenters. The first-order chi connectivity index (χ1) is 14.4. The average molecular weight is 435 g/mol. The molecule has 30 heavy (non-hydrogen) atoms. The van der Waals surface area contributed by atoms with Crippen LogP contribution in [0.5, 0.6) is 5.75 Å². The van der Waals surface area contributed by atoms with Crippen molar-refractivity contribution >= 4 is 22.7 Å². The van der Waals surface area contributed by atoms with Crippen LogP contribution in [0.15, 0.2) is 47.6 Å². The molecule has 2 aliphatic heterocycles. The summed E-state index contributed by atoms with van der Waals surface area (Å²) in [6, 6.07) is 10.1. The molecule has 0 saturated heterocycles. The van der Waals surface area contributed by atoms with Crippen molar-refractivity contribution in [2.45, 2.75) is 24.4 Å². The van der Waals surface area contributed by atoms with Gasteiger partial charge in [-0.15, -0.1) is 0 Å². The van der Waals surface area contributed by atoms with Crippen molar-refractivity contribution in [3.8, 4) is 5.75 Å². The molecule has 0 bridgehead atoms. The third kappa shape index (κ3) is 3.26. The number of para-hydroxylation sites is 1. The van der Waals surface area contributed by atoms with Crippen molar-refractivity contribution < 1.29 is 22.7 Å². The second-order valence-electron chi connectivity index (χ2n) is 7.18. The number of hydrazone groups is 1. The van der Waals surface area contributed by atoms with Crippen LogP contribution in [0, 0.1) is 17.6 Å². The lowest BCUT2D eigenvalue weighted by Crippen LogP contribution is -2.53. The van der Waals surface area contributed by atoms with Gasteiger partial charge in [-0.2, -0.15) is 5.10 Å². The summed E-state index contributed by atoms with van der Waals surface area (Å²) in [5.74, 6) is -2.01. The molecule has 0 aromatic heterocycles. The first-order valence-electron chi connectivity index (χ1n) is 9.52. The third-order valence-electron chi connectivity index (χ3n) is 5.25. The number of carbonyl (C=O) groups excluding carboxylic acids is 1. The van der Waals surface area contributed by atoms with E-state index < -0.39 is 28.6 Å². The van der Waals surface area contributed by atoms with Gasteiger partial charge in [-0.3, -0.25) is 4.79 Å². The van der Waals surface area contributed by atoms with E-state index in [1.54, 1.807) is 24.3 Å². The molecule has 4 rings (SSSR count). The fourth-order valence-corrected chi connectivity index (χ4v) is 5.38. The molecule has 0 aliphatic carbocycles. The first-order valence-corrected chi connectivity index (χ1v) is 10.3. The second-order valence-corrected chi connectivity index (χ2v) is 8.39. The monoisotopic (exact) mass is 435 g/mol. The highest BCUT2D eigenvalue weighted by molar-refractivity contribution is 8.15. The lowest BCUT2D eigenvalue weighted by molar-refractivity contribution is -0.142. The first kappa shape index (κ1) is 20.7. The summed E-state index contributed by atoms with van der Waals surface area (Å²) in [6.45, 7) is 1.65. The Bertz CT molecular complexity index is 1020. The Balaban J connectivity index is 1.92. The van der Waals surface area contributed by atoms with E-state index in [1.807, 2.05) is 0 Å². The van der Waals surface area contributed by atoms with E-state index in [0.717, 1.165) is 41.9 Å². The zero-order chi connectivity index (χ0) is 21.5. The molecule has 3 atom stereocenters. The third-order valence-corrected chi connectivity index (χ3v) is 6.78. The van der Waals surface area contributed by atoms with Crippen molar-refractivity contribution in [3.05, 3.63) is 65.2 Å². The number of hydrogen-bond acceptors (Lipinski definition) is 5. The molecule has 2 aromatic carbocycles. The lowest BCUT2D eigenvalue weighted by atomic mass is 9.86. The molecule has 1 amide bonds. The molecule has 2 N–H and O–H groups in total. The summed E-state index contributed by atoms with van der Waals surface area (Å²) in [5.41, 5.74) is 6.34. The van der Waals surface area contributed by atoms with Gasteiger partial charge in [0.05, 0.1) is 6.61 Å². The number of rotatable bonds is 4. The van der Waals surface area contributed by atoms with Crippen molar-refractivity contribution in [2.24, 2.45) is 16.8 Å². The SMILES string of the molecule is CC(F)C(=O)N1N=C(c2cc(F)ccc2F)S[C@]12c1ccccc1OC[C@@H]2CCN. The zero-order valence-corrected chi connectivity index (χ0v) is 17.0. The highest BCUT2D eigenvalue weighted by atomic mass is 32.2. The van der Waals surface area contributed by atoms with Crippen LogP contribution in [0.1, 0.15) is 24.5 Å². The molecule has 0 fully saturated rings. The maximum Gasteiger partial charge on any atom is 0.278 e. The van der Waals surface area contributed by atoms with Gasteiger partial charge in [0.15, 0.2) is 11.0 Å². The Hall–Kier alpha value is -2.52. The fraction of sp³-hybridized carbons (Fsp3) is 0.333. The number of thioether (sulfide) groups is 1. The van der Waals surface area contributed by atoms with E-state index >= 15 is 0 Å². The minimum absolute atomic E-state index is 0.0864. The normalized spacial score (nSPS) is 23.7. The molecule has 0 radical (unpaired) electrons. The predicted molar refractivity (Wildman–Crippen MR) is 109 cm³/mol. The van der Waals surface area contributed by atoms with E-state index in [9.17, 15) is 18.0 Å². The van der Waals surface area contributed by atoms with Crippen LogP contribution in [-0.4, -0.2) is 35.3 Å². The summed E-state index contributed by atoms with van der Waals surface area (Å²) >= 11 is 1.10. The number of ether oxygens (including phenoxy) is 1. The van der Waals surface area contributed by atoms with Crippen LogP contribution in [0.2, 0.25) is 0 Å². The number of hydrogen-bond donors (Lipinski definition) is 1. The van der Waals surface area contributed by atoms with Crippen LogP contribution < -0.4 is 10.5 Å². The number of carbonyl (C=O) groups is 1. The number of benzene rings is 2. The number of halogens is 3. The maximum atomic E-state index is 14.5. The van der Waals surface area contributed by atoms with Gasteiger partial charge in [0.25, 0.3) is 5.91 Å². The van der Waals surface area contributed by atoms with E-state index in [1.165, 1.54) is 0 Å². The quantitative estimate of drug-likeness (QED) is 0.794. The molecule has 9 heteroatoms. The minimum Gasteiger partial charge on any atom is -0.493 e. The summed E-state index contributed by atoms with van der Waals surface area (Å²) in [5, 5.41) is 5.48. The number of alkyl halides is 1. The number of amides is 1. The van der Waals surface area contributed by atoms with Crippen LogP contribution in [0.25, 0.3) is 0 Å². The molecule has 0 saturated carbocycles. The minimum atomic E-state index is -1.84. The van der Waals surface area contributed by atoms with Crippen molar-refractivity contribution in [3.63, 3.8) is 0 Å². The second kappa shape index (κ2) is 7.96. The van der Waals surface area contributed by atoms with Gasteiger partial charge >= 0.3 is 0 Å². The van der Waals surface area contributed by atoms with Crippen molar-refractivity contribution in [1.29, 1.82) is 0 Å². The number of nitrogens with zero attached hydrogens (tertiary/aromatic N) is 2. The van der Waals surface area contributed by atoms with E-state index in [2.05, 4.69) is 5.10 Å². The molecule has 2 aromatic rings. The highest BCUT2D eigenvalue weighted by Crippen LogP contribution is 2.57. The lowest BCUT2D eigenvalue weighted by Gasteiger charge is -2.45. The van der Waals surface area contributed by atoms with Gasteiger partial charge in [-0.1, -0.05) is 30.0 Å². The summed E-state index contributed by atoms with van der Waals surface area (Å²) in [6.07, 6.45) is -1.38. The van der Waals surface area contributed by atoms with Gasteiger partial charge in [-0.25, -0.2) is 18.2 Å². The predicted octanol–water partition coefficient (Wildman–Crippen LogP) is 3.77. The van der Waals surface area contributed by atoms with Gasteiger partial charge in [0.1, 0.15) is 22.4 Å². The Kier molecular flexibility index (Phi) is 5.50. The zero-order valence-electron chi connectivity index (χ0n) is 16.1. The summed E-state index contributed by atoms with van der Waals surface area (Å²) < 4.78 is 48.4. The highest BCUT2D eigenvalue weighted by Gasteiger charge is 2.57. The number of nitrogens with two attached hydrogens (primary N) is 1. The fourth-order valence-electron chi connectivity index (χ4n) is 3.85. The molecule has 1 spiro atoms. The van der Waals surface area contributed by atoms with Crippen LogP contribution in [0.3, 0.4) is 0 Å². The van der Waals surface area contributed by atoms with E-state index in [4.69, 9.17) is 10.5 Å². The van der Waals surface area contributed by atoms with E-state index in [-0.39, 0.29) is 23.1 Å². The molecular formula is C21H20F3N3O2S. The number of fused-ring (bicyclic) bond motifs is 2. The van der Waals surface area contributed by atoms with Crippen LogP contribution in [-0.2, 0) is 9.67 Å². The molecular weight excluding hydrogens is 415 g/mol. The van der Waals surface area contributed by atoms with E-state index in [0.29, 0.717) is 24.3 Å². The van der Waals surface area contributed by atoms with Gasteiger partial charge in [0, 0.05) is 17.0 Å². The molecule has 5 nitrogen and oxygen atoms in total. The maximum absolute atomic E-state index is 14.5. The van der Waals surface area contributed by atoms with Gasteiger partial charge in [0.2, 0.25) is 0 Å². The molecule has 158 valence electrons. The summed E-state index contributed by atoms with van der Waals surface area (Å²) in [4.78, 5) is 11.7. The Morgan fingerprint density at radius 1 is 1.37 bits per heavy atom. The largest absolute Gasteiger partial charge is 0.493 e. The smallest absolute Gasteiger partial charge is 0.278 e. The van der Waals surface area contributed by atoms with Gasteiger partial charge < -0.3 is 10.5 Å². The molecule has 2 heterocycles. The van der Waals surface area contributed by atoms with Crippen molar-refractivity contribution in [2.75, 3.05) is 13.2 Å². The Morgan fingerprint density at radius 3 is 2.87 bits per heavy atom. The standard InChI is InChI=1S/C21H20F3N3O2S/c1-12(22)20(28)27-21(30-19(26-27)15-10-14(23)6-7-17(15)24)13(8-9-25)11-29-18-5-3-2-4-16(18)21/h2-7,10,12-13H,8-9,11,25H2,1H3/t12?,13-,21+/m0/s1. The average Bonchev–Trinajstić information content (AvgIpc) is 3.12.